The molecule has 7 heteroatoms. The zero-order chi connectivity index (χ0) is 13.1. The Morgan fingerprint density at radius 2 is 2.11 bits per heavy atom. The number of nitrogen functional groups attached to an aromatic ring is 1. The molecule has 2 aromatic rings. The van der Waals surface area contributed by atoms with Crippen LogP contribution in [0.5, 0.6) is 0 Å². The highest BCUT2D eigenvalue weighted by molar-refractivity contribution is 5.50. The Labute approximate surface area is 104 Å². The normalized spacial score (nSPS) is 14.8. The van der Waals surface area contributed by atoms with Crippen LogP contribution in [0.1, 0.15) is 24.8 Å². The van der Waals surface area contributed by atoms with Gasteiger partial charge in [0.25, 0.3) is 0 Å². The molecule has 18 heavy (non-hydrogen) atoms. The van der Waals surface area contributed by atoms with Crippen LogP contribution in [0.3, 0.4) is 0 Å². The van der Waals surface area contributed by atoms with Gasteiger partial charge in [0.2, 0.25) is 5.95 Å². The van der Waals surface area contributed by atoms with E-state index in [2.05, 4.69) is 15.1 Å². The lowest BCUT2D eigenvalue weighted by atomic mass is 9.92. The second kappa shape index (κ2) is 5.28. The molecule has 0 aliphatic heterocycles. The average Bonchev–Trinajstić information content (AvgIpc) is 2.81. The monoisotopic (exact) mass is 251 g/mol. The summed E-state index contributed by atoms with van der Waals surface area (Å²) in [5.41, 5.74) is 7.11. The van der Waals surface area contributed by atoms with Crippen molar-refractivity contribution in [3.63, 3.8) is 0 Å². The van der Waals surface area contributed by atoms with Crippen LogP contribution in [-0.2, 0) is 0 Å². The predicted octanol–water partition coefficient (Wildman–Crippen LogP) is -0.199. The molecular formula is C11H17N5O2. The molecule has 0 saturated heterocycles. The van der Waals surface area contributed by atoms with Crippen molar-refractivity contribution in [3.05, 3.63) is 18.1 Å². The number of aromatic nitrogens is 4. The summed E-state index contributed by atoms with van der Waals surface area (Å²) in [5.74, 6) is 0.258. The lowest BCUT2D eigenvalue weighted by Crippen LogP contribution is -2.12. The van der Waals surface area contributed by atoms with Gasteiger partial charge in [0.1, 0.15) is 6.33 Å². The molecule has 0 aromatic carbocycles. The highest BCUT2D eigenvalue weighted by Crippen LogP contribution is 2.26. The van der Waals surface area contributed by atoms with Crippen molar-refractivity contribution in [2.75, 3.05) is 18.9 Å². The lowest BCUT2D eigenvalue weighted by molar-refractivity contribution is 0.197. The molecule has 4 N–H and O–H groups in total. The third kappa shape index (κ3) is 2.27. The predicted molar refractivity (Wildman–Crippen MR) is 65.9 cm³/mol. The van der Waals surface area contributed by atoms with Crippen LogP contribution < -0.4 is 5.73 Å². The first-order valence-electron chi connectivity index (χ1n) is 5.83. The van der Waals surface area contributed by atoms with Gasteiger partial charge in [-0.05, 0) is 12.3 Å². The third-order valence-electron chi connectivity index (χ3n) is 3.02. The van der Waals surface area contributed by atoms with E-state index in [0.29, 0.717) is 12.1 Å². The van der Waals surface area contributed by atoms with E-state index in [1.165, 1.54) is 10.8 Å². The van der Waals surface area contributed by atoms with Crippen molar-refractivity contribution in [2.24, 2.45) is 5.92 Å². The van der Waals surface area contributed by atoms with Crippen LogP contribution in [0.2, 0.25) is 0 Å². The first kappa shape index (κ1) is 12.7. The molecule has 2 rings (SSSR count). The summed E-state index contributed by atoms with van der Waals surface area (Å²) in [4.78, 5) is 7.99. The zero-order valence-electron chi connectivity index (χ0n) is 10.2. The molecule has 0 fully saturated rings. The van der Waals surface area contributed by atoms with E-state index in [1.54, 1.807) is 6.20 Å². The maximum Gasteiger partial charge on any atom is 0.224 e. The van der Waals surface area contributed by atoms with Gasteiger partial charge in [-0.2, -0.15) is 9.61 Å². The second-order valence-electron chi connectivity index (χ2n) is 4.47. The number of rotatable bonds is 5. The van der Waals surface area contributed by atoms with E-state index < -0.39 is 0 Å². The fourth-order valence-corrected chi connectivity index (χ4v) is 2.00. The topological polar surface area (TPSA) is 110 Å². The number of fused-ring (bicyclic) bond motifs is 1. The van der Waals surface area contributed by atoms with E-state index in [4.69, 9.17) is 10.8 Å². The van der Waals surface area contributed by atoms with Gasteiger partial charge in [0.05, 0.1) is 12.8 Å². The molecule has 7 nitrogen and oxygen atoms in total. The zero-order valence-corrected chi connectivity index (χ0v) is 10.2. The number of anilines is 1. The highest BCUT2D eigenvalue weighted by Gasteiger charge is 2.20. The van der Waals surface area contributed by atoms with Crippen LogP contribution in [0.15, 0.2) is 12.5 Å². The highest BCUT2D eigenvalue weighted by atomic mass is 16.3. The van der Waals surface area contributed by atoms with Gasteiger partial charge in [0, 0.05) is 18.1 Å². The van der Waals surface area contributed by atoms with Crippen LogP contribution >= 0.6 is 0 Å². The van der Waals surface area contributed by atoms with E-state index in [-0.39, 0.29) is 31.0 Å². The first-order valence-corrected chi connectivity index (χ1v) is 5.83. The fraction of sp³-hybridized carbons (Fsp3) is 0.545. The molecule has 2 unspecified atom stereocenters. The molecule has 0 aliphatic rings. The van der Waals surface area contributed by atoms with Crippen LogP contribution in [-0.4, -0.2) is 43.0 Å². The van der Waals surface area contributed by atoms with Gasteiger partial charge in [-0.1, -0.05) is 6.92 Å². The Balaban J connectivity index is 2.37. The van der Waals surface area contributed by atoms with E-state index >= 15 is 0 Å². The van der Waals surface area contributed by atoms with Gasteiger partial charge in [-0.3, -0.25) is 0 Å². The Morgan fingerprint density at radius 1 is 1.33 bits per heavy atom. The fourth-order valence-electron chi connectivity index (χ4n) is 2.00. The van der Waals surface area contributed by atoms with E-state index in [0.717, 1.165) is 5.56 Å². The molecule has 2 atom stereocenters. The van der Waals surface area contributed by atoms with Gasteiger partial charge < -0.3 is 15.9 Å². The summed E-state index contributed by atoms with van der Waals surface area (Å²) in [6.07, 6.45) is 3.68. The SMILES string of the molecule is CC(CO)CC(CO)c1cnn2c(N)ncnc12. The number of nitrogens with zero attached hydrogens (tertiary/aromatic N) is 4. The Morgan fingerprint density at radius 3 is 2.78 bits per heavy atom. The minimum atomic E-state index is -0.112. The lowest BCUT2D eigenvalue weighted by Gasteiger charge is -2.16. The van der Waals surface area contributed by atoms with Gasteiger partial charge >= 0.3 is 0 Å². The van der Waals surface area contributed by atoms with Gasteiger partial charge in [0.15, 0.2) is 5.65 Å². The molecular weight excluding hydrogens is 234 g/mol. The summed E-state index contributed by atoms with van der Waals surface area (Å²) < 4.78 is 1.45. The number of nitrogens with two attached hydrogens (primary N) is 1. The molecule has 0 bridgehead atoms. The molecule has 0 amide bonds. The van der Waals surface area contributed by atoms with Crippen molar-refractivity contribution >= 4 is 11.6 Å². The Kier molecular flexibility index (Phi) is 3.73. The van der Waals surface area contributed by atoms with E-state index in [1.807, 2.05) is 6.92 Å². The van der Waals surface area contributed by atoms with Gasteiger partial charge in [-0.15, -0.1) is 0 Å². The molecule has 2 aromatic heterocycles. The Bertz CT molecular complexity index is 527. The largest absolute Gasteiger partial charge is 0.396 e. The summed E-state index contributed by atoms with van der Waals surface area (Å²) in [6.45, 7) is 2.00. The van der Waals surface area contributed by atoms with Crippen LogP contribution in [0.25, 0.3) is 5.65 Å². The number of aliphatic hydroxyl groups is 2. The summed E-state index contributed by atoms with van der Waals surface area (Å²) in [5, 5.41) is 22.7. The van der Waals surface area contributed by atoms with Crippen molar-refractivity contribution in [3.8, 4) is 0 Å². The summed E-state index contributed by atoms with van der Waals surface area (Å²) >= 11 is 0. The quantitative estimate of drug-likeness (QED) is 0.679. The van der Waals surface area contributed by atoms with Crippen molar-refractivity contribution < 1.29 is 10.2 Å². The number of hydrogen-bond acceptors (Lipinski definition) is 6. The smallest absolute Gasteiger partial charge is 0.224 e. The standard InChI is InChI=1S/C11H17N5O2/c1-7(4-17)2-8(5-18)9-3-15-16-10(9)13-6-14-11(16)12/h3,6-8,17-18H,2,4-5H2,1H3,(H2,12,13,14). The molecule has 2 heterocycles. The van der Waals surface area contributed by atoms with E-state index in [9.17, 15) is 5.11 Å². The second-order valence-corrected chi connectivity index (χ2v) is 4.47. The molecule has 98 valence electrons. The maximum absolute atomic E-state index is 9.48. The van der Waals surface area contributed by atoms with Crippen molar-refractivity contribution in [2.45, 2.75) is 19.3 Å². The van der Waals surface area contributed by atoms with Crippen molar-refractivity contribution in [1.82, 2.24) is 19.6 Å². The maximum atomic E-state index is 9.48. The number of aliphatic hydroxyl groups excluding tert-OH is 2. The average molecular weight is 251 g/mol. The third-order valence-corrected chi connectivity index (χ3v) is 3.02. The Hall–Kier alpha value is -1.73. The molecule has 0 saturated carbocycles. The summed E-state index contributed by atoms with van der Waals surface area (Å²) in [6, 6.07) is 0. The first-order chi connectivity index (χ1) is 8.67. The number of hydrogen-bond donors (Lipinski definition) is 3. The van der Waals surface area contributed by atoms with Crippen LogP contribution in [0, 0.1) is 5.92 Å². The molecule has 0 spiro atoms. The van der Waals surface area contributed by atoms with Crippen molar-refractivity contribution in [1.29, 1.82) is 0 Å². The van der Waals surface area contributed by atoms with Gasteiger partial charge in [-0.25, -0.2) is 9.97 Å². The minimum Gasteiger partial charge on any atom is -0.396 e. The molecule has 0 aliphatic carbocycles. The minimum absolute atomic E-state index is 0.0183. The van der Waals surface area contributed by atoms with Crippen LogP contribution in [0.4, 0.5) is 5.95 Å². The molecule has 0 radical (unpaired) electrons. The summed E-state index contributed by atoms with van der Waals surface area (Å²) in [7, 11) is 0.